The average molecular weight is 367 g/mol. The highest BCUT2D eigenvalue weighted by Crippen LogP contribution is 2.35. The van der Waals surface area contributed by atoms with E-state index in [0.717, 1.165) is 20.8 Å². The summed E-state index contributed by atoms with van der Waals surface area (Å²) < 4.78 is 27.5. The predicted molar refractivity (Wildman–Crippen MR) is 78.9 cm³/mol. The molecular formula is C13H11BrClF2NS. The maximum Gasteiger partial charge on any atom is 0.160 e. The van der Waals surface area contributed by atoms with Gasteiger partial charge in [-0.2, -0.15) is 0 Å². The first-order valence-corrected chi connectivity index (χ1v) is 7.64. The average Bonchev–Trinajstić information content (AvgIpc) is 2.78. The van der Waals surface area contributed by atoms with Gasteiger partial charge in [0.05, 0.1) is 9.83 Å². The molecule has 1 unspecified atom stereocenters. The second-order valence-corrected chi connectivity index (χ2v) is 6.82. The van der Waals surface area contributed by atoms with Gasteiger partial charge in [0.2, 0.25) is 0 Å². The fourth-order valence-electron chi connectivity index (χ4n) is 1.81. The van der Waals surface area contributed by atoms with E-state index in [1.165, 1.54) is 11.3 Å². The summed E-state index contributed by atoms with van der Waals surface area (Å²) in [5, 5.41) is 3.45. The summed E-state index contributed by atoms with van der Waals surface area (Å²) in [6, 6.07) is 5.76. The molecule has 6 heteroatoms. The highest BCUT2D eigenvalue weighted by Gasteiger charge is 2.20. The minimum absolute atomic E-state index is 0.217. The van der Waals surface area contributed by atoms with E-state index in [2.05, 4.69) is 21.2 Å². The summed E-state index contributed by atoms with van der Waals surface area (Å²) in [6.45, 7) is 2.64. The molecule has 0 saturated heterocycles. The molecule has 19 heavy (non-hydrogen) atoms. The Morgan fingerprint density at radius 3 is 2.58 bits per heavy atom. The molecule has 1 heterocycles. The Bertz CT molecular complexity index is 588. The van der Waals surface area contributed by atoms with Crippen molar-refractivity contribution in [1.29, 1.82) is 0 Å². The SMILES string of the molecule is CCNC(c1ccc(Br)s1)c1cc(F)c(F)cc1Cl. The molecule has 2 rings (SSSR count). The second kappa shape index (κ2) is 6.31. The van der Waals surface area contributed by atoms with E-state index in [1.54, 1.807) is 0 Å². The summed E-state index contributed by atoms with van der Waals surface area (Å²) >= 11 is 11.0. The quantitative estimate of drug-likeness (QED) is 0.739. The van der Waals surface area contributed by atoms with Crippen molar-refractivity contribution in [2.45, 2.75) is 13.0 Å². The Kier molecular flexibility index (Phi) is 4.95. The first kappa shape index (κ1) is 14.9. The van der Waals surface area contributed by atoms with Gasteiger partial charge in [-0.3, -0.25) is 0 Å². The molecule has 1 aromatic heterocycles. The number of hydrogen-bond donors (Lipinski definition) is 1. The van der Waals surface area contributed by atoms with E-state index < -0.39 is 11.6 Å². The molecule has 0 aliphatic carbocycles. The van der Waals surface area contributed by atoms with Gasteiger partial charge in [-0.15, -0.1) is 11.3 Å². The van der Waals surface area contributed by atoms with Gasteiger partial charge in [-0.05, 0) is 52.3 Å². The zero-order valence-electron chi connectivity index (χ0n) is 10.0. The van der Waals surface area contributed by atoms with E-state index in [9.17, 15) is 8.78 Å². The monoisotopic (exact) mass is 365 g/mol. The Morgan fingerprint density at radius 2 is 2.00 bits per heavy atom. The molecule has 0 aliphatic rings. The lowest BCUT2D eigenvalue weighted by molar-refractivity contribution is 0.504. The van der Waals surface area contributed by atoms with Crippen molar-refractivity contribution in [3.8, 4) is 0 Å². The van der Waals surface area contributed by atoms with Crippen LogP contribution >= 0.6 is 38.9 Å². The molecule has 1 N–H and O–H groups in total. The molecule has 0 amide bonds. The lowest BCUT2D eigenvalue weighted by Gasteiger charge is -2.18. The molecule has 0 saturated carbocycles. The van der Waals surface area contributed by atoms with Crippen LogP contribution < -0.4 is 5.32 Å². The molecule has 0 spiro atoms. The fourth-order valence-corrected chi connectivity index (χ4v) is 3.59. The van der Waals surface area contributed by atoms with Crippen molar-refractivity contribution >= 4 is 38.9 Å². The van der Waals surface area contributed by atoms with Crippen LogP contribution in [0.4, 0.5) is 8.78 Å². The molecule has 0 aliphatic heterocycles. The van der Waals surface area contributed by atoms with Crippen LogP contribution in [-0.4, -0.2) is 6.54 Å². The van der Waals surface area contributed by atoms with Crippen LogP contribution in [0.5, 0.6) is 0 Å². The van der Waals surface area contributed by atoms with E-state index in [0.29, 0.717) is 12.1 Å². The second-order valence-electron chi connectivity index (χ2n) is 3.92. The van der Waals surface area contributed by atoms with Crippen molar-refractivity contribution < 1.29 is 8.78 Å². The van der Waals surface area contributed by atoms with Crippen molar-refractivity contribution in [1.82, 2.24) is 5.32 Å². The third-order valence-electron chi connectivity index (χ3n) is 2.64. The molecule has 2 aromatic rings. The van der Waals surface area contributed by atoms with Crippen LogP contribution in [0.2, 0.25) is 5.02 Å². The fraction of sp³-hybridized carbons (Fsp3) is 0.231. The van der Waals surface area contributed by atoms with Gasteiger partial charge >= 0.3 is 0 Å². The Balaban J connectivity index is 2.47. The first-order chi connectivity index (χ1) is 9.02. The summed E-state index contributed by atoms with van der Waals surface area (Å²) in [6.07, 6.45) is 0. The topological polar surface area (TPSA) is 12.0 Å². The molecule has 0 radical (unpaired) electrons. The van der Waals surface area contributed by atoms with Gasteiger partial charge in [-0.1, -0.05) is 18.5 Å². The summed E-state index contributed by atoms with van der Waals surface area (Å²) in [4.78, 5) is 0.988. The molecule has 0 fully saturated rings. The standard InChI is InChI=1S/C13H11BrClF2NS/c1-2-18-13(11-3-4-12(14)19-11)7-5-9(16)10(17)6-8(7)15/h3-6,13,18H,2H2,1H3. The van der Waals surface area contributed by atoms with E-state index in [-0.39, 0.29) is 11.1 Å². The maximum absolute atomic E-state index is 13.4. The van der Waals surface area contributed by atoms with Crippen molar-refractivity contribution in [2.75, 3.05) is 6.54 Å². The smallest absolute Gasteiger partial charge is 0.160 e. The predicted octanol–water partition coefficient (Wildman–Crippen LogP) is 5.14. The summed E-state index contributed by atoms with van der Waals surface area (Å²) in [5.41, 5.74) is 0.539. The normalized spacial score (nSPS) is 12.7. The van der Waals surface area contributed by atoms with Crippen molar-refractivity contribution in [3.05, 3.63) is 55.1 Å². The van der Waals surface area contributed by atoms with Gasteiger partial charge in [0, 0.05) is 9.90 Å². The van der Waals surface area contributed by atoms with Crippen LogP contribution in [0.3, 0.4) is 0 Å². The number of nitrogens with one attached hydrogen (secondary N) is 1. The first-order valence-electron chi connectivity index (χ1n) is 5.66. The number of thiophene rings is 1. The van der Waals surface area contributed by atoms with Crippen LogP contribution in [0.15, 0.2) is 28.1 Å². The third-order valence-corrected chi connectivity index (χ3v) is 4.65. The number of halogens is 4. The van der Waals surface area contributed by atoms with Crippen LogP contribution in [0.25, 0.3) is 0 Å². The Hall–Kier alpha value is -0.490. The Labute approximate surface area is 127 Å². The van der Waals surface area contributed by atoms with Gasteiger partial charge in [0.1, 0.15) is 0 Å². The number of rotatable bonds is 4. The highest BCUT2D eigenvalue weighted by molar-refractivity contribution is 9.11. The zero-order chi connectivity index (χ0) is 14.0. The molecule has 102 valence electrons. The van der Waals surface area contributed by atoms with Crippen molar-refractivity contribution in [3.63, 3.8) is 0 Å². The zero-order valence-corrected chi connectivity index (χ0v) is 13.2. The molecule has 0 bridgehead atoms. The lowest BCUT2D eigenvalue weighted by atomic mass is 10.0. The summed E-state index contributed by atoms with van der Waals surface area (Å²) in [7, 11) is 0. The Morgan fingerprint density at radius 1 is 1.32 bits per heavy atom. The number of hydrogen-bond acceptors (Lipinski definition) is 2. The summed E-state index contributed by atoms with van der Waals surface area (Å²) in [5.74, 6) is -1.82. The van der Waals surface area contributed by atoms with Gasteiger partial charge in [0.15, 0.2) is 11.6 Å². The molecular weight excluding hydrogens is 356 g/mol. The van der Waals surface area contributed by atoms with Gasteiger partial charge in [0.25, 0.3) is 0 Å². The van der Waals surface area contributed by atoms with E-state index in [1.807, 2.05) is 19.1 Å². The minimum Gasteiger partial charge on any atom is -0.306 e. The molecule has 1 nitrogen and oxygen atoms in total. The molecule has 1 aromatic carbocycles. The largest absolute Gasteiger partial charge is 0.306 e. The maximum atomic E-state index is 13.4. The van der Waals surface area contributed by atoms with E-state index >= 15 is 0 Å². The third kappa shape index (κ3) is 3.34. The minimum atomic E-state index is -0.934. The van der Waals surface area contributed by atoms with Crippen LogP contribution in [0.1, 0.15) is 23.4 Å². The van der Waals surface area contributed by atoms with Gasteiger partial charge in [-0.25, -0.2) is 8.78 Å². The lowest BCUT2D eigenvalue weighted by Crippen LogP contribution is -2.21. The van der Waals surface area contributed by atoms with Crippen molar-refractivity contribution in [2.24, 2.45) is 0 Å². The van der Waals surface area contributed by atoms with Crippen LogP contribution in [-0.2, 0) is 0 Å². The van der Waals surface area contributed by atoms with Crippen LogP contribution in [0, 0.1) is 11.6 Å². The highest BCUT2D eigenvalue weighted by atomic mass is 79.9. The van der Waals surface area contributed by atoms with Gasteiger partial charge < -0.3 is 5.32 Å². The van der Waals surface area contributed by atoms with E-state index in [4.69, 9.17) is 11.6 Å². The number of benzene rings is 1. The molecule has 1 atom stereocenters.